The van der Waals surface area contributed by atoms with E-state index in [4.69, 9.17) is 9.47 Å². The number of likely N-dealkylation sites (tertiary alicyclic amines) is 1. The summed E-state index contributed by atoms with van der Waals surface area (Å²) < 4.78 is 10.8. The molecule has 0 N–H and O–H groups in total. The molecule has 6 heteroatoms. The van der Waals surface area contributed by atoms with Crippen molar-refractivity contribution in [2.45, 2.75) is 33.2 Å². The van der Waals surface area contributed by atoms with Crippen LogP contribution in [0.3, 0.4) is 0 Å². The Labute approximate surface area is 169 Å². The third kappa shape index (κ3) is 5.17. The zero-order chi connectivity index (χ0) is 20.1. The molecular weight excluding hydrogens is 354 g/mol. The molecule has 0 spiro atoms. The SMILES string of the molecule is COc1cc(C)c(CN2CCN(CC(=O)N3CCC[C@@H](C)C3)CC2)cc1OC. The quantitative estimate of drug-likeness (QED) is 0.748. The van der Waals surface area contributed by atoms with Crippen molar-refractivity contribution in [2.24, 2.45) is 5.92 Å². The number of rotatable bonds is 6. The number of amides is 1. The average Bonchev–Trinajstić information content (AvgIpc) is 2.70. The summed E-state index contributed by atoms with van der Waals surface area (Å²) in [7, 11) is 3.35. The summed E-state index contributed by atoms with van der Waals surface area (Å²) in [6, 6.07) is 4.13. The van der Waals surface area contributed by atoms with Gasteiger partial charge >= 0.3 is 0 Å². The smallest absolute Gasteiger partial charge is 0.236 e. The molecule has 0 bridgehead atoms. The van der Waals surface area contributed by atoms with E-state index in [-0.39, 0.29) is 0 Å². The number of carbonyl (C=O) groups is 1. The summed E-state index contributed by atoms with van der Waals surface area (Å²) in [6.07, 6.45) is 2.39. The lowest BCUT2D eigenvalue weighted by molar-refractivity contribution is -0.134. The van der Waals surface area contributed by atoms with Crippen LogP contribution in [0.2, 0.25) is 0 Å². The van der Waals surface area contributed by atoms with Gasteiger partial charge in [0.25, 0.3) is 0 Å². The summed E-state index contributed by atoms with van der Waals surface area (Å²) in [5.74, 6) is 2.50. The molecule has 0 radical (unpaired) electrons. The minimum absolute atomic E-state index is 0.302. The molecule has 1 amide bonds. The van der Waals surface area contributed by atoms with Gasteiger partial charge in [0.2, 0.25) is 5.91 Å². The molecule has 28 heavy (non-hydrogen) atoms. The first kappa shape index (κ1) is 20.9. The van der Waals surface area contributed by atoms with Crippen LogP contribution in [-0.4, -0.2) is 80.6 Å². The number of methoxy groups -OCH3 is 2. The number of aryl methyl sites for hydroxylation is 1. The van der Waals surface area contributed by atoms with Gasteiger partial charge in [-0.2, -0.15) is 0 Å². The lowest BCUT2D eigenvalue weighted by atomic mass is 10.0. The highest BCUT2D eigenvalue weighted by molar-refractivity contribution is 5.78. The van der Waals surface area contributed by atoms with E-state index in [2.05, 4.69) is 34.6 Å². The van der Waals surface area contributed by atoms with Gasteiger partial charge in [0, 0.05) is 45.8 Å². The molecule has 1 aromatic rings. The summed E-state index contributed by atoms with van der Waals surface area (Å²) in [4.78, 5) is 19.4. The van der Waals surface area contributed by atoms with Crippen molar-refractivity contribution < 1.29 is 14.3 Å². The molecule has 0 unspecified atom stereocenters. The third-order valence-corrected chi connectivity index (χ3v) is 6.07. The lowest BCUT2D eigenvalue weighted by Gasteiger charge is -2.37. The van der Waals surface area contributed by atoms with Crippen molar-refractivity contribution in [3.63, 3.8) is 0 Å². The molecule has 1 atom stereocenters. The fourth-order valence-electron chi connectivity index (χ4n) is 4.25. The van der Waals surface area contributed by atoms with Gasteiger partial charge in [0.1, 0.15) is 0 Å². The summed E-state index contributed by atoms with van der Waals surface area (Å²) in [5, 5.41) is 0. The Morgan fingerprint density at radius 3 is 2.32 bits per heavy atom. The normalized spacial score (nSPS) is 21.6. The average molecular weight is 390 g/mol. The number of piperidine rings is 1. The molecule has 2 aliphatic rings. The fourth-order valence-corrected chi connectivity index (χ4v) is 4.25. The van der Waals surface area contributed by atoms with Crippen molar-refractivity contribution in [2.75, 3.05) is 60.0 Å². The molecule has 156 valence electrons. The summed E-state index contributed by atoms with van der Waals surface area (Å²) >= 11 is 0. The summed E-state index contributed by atoms with van der Waals surface area (Å²) in [6.45, 7) is 11.5. The Hall–Kier alpha value is -1.79. The van der Waals surface area contributed by atoms with E-state index in [1.807, 2.05) is 6.07 Å². The highest BCUT2D eigenvalue weighted by Crippen LogP contribution is 2.31. The van der Waals surface area contributed by atoms with Gasteiger partial charge in [-0.1, -0.05) is 6.92 Å². The van der Waals surface area contributed by atoms with Gasteiger partial charge in [0.15, 0.2) is 11.5 Å². The number of benzene rings is 1. The molecule has 6 nitrogen and oxygen atoms in total. The highest BCUT2D eigenvalue weighted by atomic mass is 16.5. The van der Waals surface area contributed by atoms with Crippen LogP contribution in [0.1, 0.15) is 30.9 Å². The maximum absolute atomic E-state index is 12.6. The minimum atomic E-state index is 0.302. The molecule has 2 fully saturated rings. The Balaban J connectivity index is 1.50. The van der Waals surface area contributed by atoms with Crippen LogP contribution in [0, 0.1) is 12.8 Å². The van der Waals surface area contributed by atoms with E-state index in [9.17, 15) is 4.79 Å². The predicted octanol–water partition coefficient (Wildman–Crippen LogP) is 2.39. The second-order valence-corrected chi connectivity index (χ2v) is 8.27. The van der Waals surface area contributed by atoms with Crippen LogP contribution in [-0.2, 0) is 11.3 Å². The van der Waals surface area contributed by atoms with Gasteiger partial charge in [-0.3, -0.25) is 14.6 Å². The molecule has 0 aromatic heterocycles. The highest BCUT2D eigenvalue weighted by Gasteiger charge is 2.25. The monoisotopic (exact) mass is 389 g/mol. The molecule has 2 saturated heterocycles. The van der Waals surface area contributed by atoms with Crippen LogP contribution < -0.4 is 9.47 Å². The molecular formula is C22H35N3O3. The Kier molecular flexibility index (Phi) is 7.18. The van der Waals surface area contributed by atoms with Gasteiger partial charge < -0.3 is 14.4 Å². The van der Waals surface area contributed by atoms with E-state index >= 15 is 0 Å². The summed E-state index contributed by atoms with van der Waals surface area (Å²) in [5.41, 5.74) is 2.49. The zero-order valence-corrected chi connectivity index (χ0v) is 17.9. The molecule has 1 aromatic carbocycles. The number of hydrogen-bond acceptors (Lipinski definition) is 5. The molecule has 3 rings (SSSR count). The first-order chi connectivity index (χ1) is 13.5. The van der Waals surface area contributed by atoms with E-state index in [1.54, 1.807) is 14.2 Å². The second-order valence-electron chi connectivity index (χ2n) is 8.27. The number of hydrogen-bond donors (Lipinski definition) is 0. The number of nitrogens with zero attached hydrogens (tertiary/aromatic N) is 3. The lowest BCUT2D eigenvalue weighted by Crippen LogP contribution is -2.51. The van der Waals surface area contributed by atoms with Crippen molar-refractivity contribution in [3.05, 3.63) is 23.3 Å². The Morgan fingerprint density at radius 1 is 1.04 bits per heavy atom. The van der Waals surface area contributed by atoms with Crippen LogP contribution in [0.4, 0.5) is 0 Å². The minimum Gasteiger partial charge on any atom is -0.493 e. The van der Waals surface area contributed by atoms with Crippen molar-refractivity contribution >= 4 is 5.91 Å². The predicted molar refractivity (Wildman–Crippen MR) is 111 cm³/mol. The van der Waals surface area contributed by atoms with E-state index in [0.29, 0.717) is 18.4 Å². The van der Waals surface area contributed by atoms with Crippen LogP contribution in [0.25, 0.3) is 0 Å². The van der Waals surface area contributed by atoms with E-state index < -0.39 is 0 Å². The first-order valence-corrected chi connectivity index (χ1v) is 10.4. The van der Waals surface area contributed by atoms with Crippen molar-refractivity contribution in [3.8, 4) is 11.5 Å². The molecule has 0 aliphatic carbocycles. The van der Waals surface area contributed by atoms with Crippen molar-refractivity contribution in [1.82, 2.24) is 14.7 Å². The third-order valence-electron chi connectivity index (χ3n) is 6.07. The second kappa shape index (κ2) is 9.61. The van der Waals surface area contributed by atoms with Gasteiger partial charge in [-0.15, -0.1) is 0 Å². The van der Waals surface area contributed by atoms with Gasteiger partial charge in [-0.05, 0) is 48.9 Å². The van der Waals surface area contributed by atoms with Crippen LogP contribution in [0.15, 0.2) is 12.1 Å². The Morgan fingerprint density at radius 2 is 1.68 bits per heavy atom. The Bertz CT molecular complexity index is 671. The van der Waals surface area contributed by atoms with E-state index in [1.165, 1.54) is 17.5 Å². The maximum Gasteiger partial charge on any atom is 0.236 e. The van der Waals surface area contributed by atoms with Crippen molar-refractivity contribution in [1.29, 1.82) is 0 Å². The van der Waals surface area contributed by atoms with Crippen LogP contribution in [0.5, 0.6) is 11.5 Å². The maximum atomic E-state index is 12.6. The largest absolute Gasteiger partial charge is 0.493 e. The number of carbonyl (C=O) groups excluding carboxylic acids is 1. The number of ether oxygens (including phenoxy) is 2. The van der Waals surface area contributed by atoms with Crippen LogP contribution >= 0.6 is 0 Å². The number of piperazine rings is 1. The first-order valence-electron chi connectivity index (χ1n) is 10.4. The zero-order valence-electron chi connectivity index (χ0n) is 17.9. The van der Waals surface area contributed by atoms with E-state index in [0.717, 1.165) is 63.7 Å². The van der Waals surface area contributed by atoms with Gasteiger partial charge in [0.05, 0.1) is 20.8 Å². The molecule has 0 saturated carbocycles. The fraction of sp³-hybridized carbons (Fsp3) is 0.682. The topological polar surface area (TPSA) is 45.2 Å². The molecule has 2 heterocycles. The standard InChI is InChI=1S/C22H35N3O3/c1-17-6-5-7-25(14-17)22(26)16-24-10-8-23(9-11-24)15-19-13-21(28-4)20(27-3)12-18(19)2/h12-13,17H,5-11,14-16H2,1-4H3/t17-/m1/s1. The molecule has 2 aliphatic heterocycles. The van der Waals surface area contributed by atoms with Gasteiger partial charge in [-0.25, -0.2) is 0 Å².